The molecule has 0 saturated heterocycles. The first-order chi connectivity index (χ1) is 4.46. The van der Waals surface area contributed by atoms with Crippen molar-refractivity contribution in [3.05, 3.63) is 10.4 Å². The Morgan fingerprint density at radius 2 is 1.60 bits per heavy atom. The Balaban J connectivity index is 4.67. The summed E-state index contributed by atoms with van der Waals surface area (Å²) in [5.74, 6) is -0.965. The van der Waals surface area contributed by atoms with Crippen molar-refractivity contribution in [3.8, 4) is 0 Å². The van der Waals surface area contributed by atoms with Crippen LogP contribution in [0.5, 0.6) is 0 Å². The first-order valence-corrected chi connectivity index (χ1v) is 5.01. The number of rotatable bonds is 2. The maximum Gasteiger partial charge on any atom is 0.326 e. The van der Waals surface area contributed by atoms with Crippen molar-refractivity contribution in [2.75, 3.05) is 0 Å². The predicted molar refractivity (Wildman–Crippen MR) is 49.8 cm³/mol. The quantitative estimate of drug-likeness (QED) is 0.299. The lowest BCUT2D eigenvalue weighted by atomic mass is 10.5. The van der Waals surface area contributed by atoms with Crippen molar-refractivity contribution in [2.24, 2.45) is 0 Å². The standard InChI is InChI=1S/C4H8O3SSi2/c5-3(6)1(9)2(10)4(7)8/h9-10H3,(H,5,6)(H,7,8). The molecule has 0 spiro atoms. The summed E-state index contributed by atoms with van der Waals surface area (Å²) < 4.78 is 0. The van der Waals surface area contributed by atoms with E-state index in [0.717, 1.165) is 0 Å². The lowest BCUT2D eigenvalue weighted by Crippen LogP contribution is -2.09. The van der Waals surface area contributed by atoms with Crippen LogP contribution >= 0.6 is 12.2 Å². The van der Waals surface area contributed by atoms with Crippen LogP contribution in [0, 0.1) is 0 Å². The third-order valence-electron chi connectivity index (χ3n) is 1.20. The molecule has 0 radical (unpaired) electrons. The largest absolute Gasteiger partial charge is 0.499 e. The average molecular weight is 192 g/mol. The number of aliphatic hydroxyl groups excluding tert-OH is 1. The maximum atomic E-state index is 10.3. The van der Waals surface area contributed by atoms with Gasteiger partial charge in [0, 0.05) is 25.7 Å². The van der Waals surface area contributed by atoms with E-state index in [9.17, 15) is 4.79 Å². The fourth-order valence-electron chi connectivity index (χ4n) is 0.321. The summed E-state index contributed by atoms with van der Waals surface area (Å²) in [5, 5.41) is 17.6. The summed E-state index contributed by atoms with van der Waals surface area (Å²) in [7, 11) is 0.920. The van der Waals surface area contributed by atoms with Crippen LogP contribution in [0.15, 0.2) is 10.4 Å². The molecule has 2 N–H and O–H groups in total. The Hall–Kier alpha value is -0.466. The van der Waals surface area contributed by atoms with E-state index in [1.807, 2.05) is 0 Å². The number of carboxylic acid groups (broad SMARTS) is 1. The fourth-order valence-corrected chi connectivity index (χ4v) is 1.11. The number of hydrogen-bond donors (Lipinski definition) is 2. The van der Waals surface area contributed by atoms with E-state index >= 15 is 0 Å². The topological polar surface area (TPSA) is 57.5 Å². The van der Waals surface area contributed by atoms with E-state index in [-0.39, 0.29) is 10.2 Å². The highest BCUT2D eigenvalue weighted by Crippen LogP contribution is 1.97. The zero-order valence-electron chi connectivity index (χ0n) is 5.71. The van der Waals surface area contributed by atoms with Crippen molar-refractivity contribution in [1.29, 1.82) is 0 Å². The fraction of sp³-hybridized carbons (Fsp3) is 0. The van der Waals surface area contributed by atoms with Crippen LogP contribution in [0.2, 0.25) is 0 Å². The van der Waals surface area contributed by atoms with Gasteiger partial charge in [0.1, 0.15) is 0 Å². The van der Waals surface area contributed by atoms with E-state index in [1.54, 1.807) is 0 Å². The Kier molecular flexibility index (Phi) is 3.47. The van der Waals surface area contributed by atoms with Gasteiger partial charge in [-0.3, -0.25) is 0 Å². The summed E-state index contributed by atoms with van der Waals surface area (Å²) >= 11 is 4.40. The molecule has 0 saturated carbocycles. The highest BCUT2D eigenvalue weighted by Gasteiger charge is 2.06. The maximum absolute atomic E-state index is 10.3. The Morgan fingerprint density at radius 1 is 1.20 bits per heavy atom. The van der Waals surface area contributed by atoms with Crippen molar-refractivity contribution in [3.63, 3.8) is 0 Å². The molecular weight excluding hydrogens is 184 g/mol. The molecule has 0 amide bonds. The summed E-state index contributed by atoms with van der Waals surface area (Å²) in [5.41, 5.74) is 0. The molecule has 0 unspecified atom stereocenters. The number of thiocarbonyl (C=S) groups is 1. The van der Waals surface area contributed by atoms with Gasteiger partial charge in [0.2, 0.25) is 0 Å². The molecule has 0 aromatic carbocycles. The third kappa shape index (κ3) is 2.42. The summed E-state index contributed by atoms with van der Waals surface area (Å²) in [4.78, 5) is 10.3. The van der Waals surface area contributed by atoms with Crippen LogP contribution < -0.4 is 0 Å². The van der Waals surface area contributed by atoms with Crippen LogP contribution in [-0.4, -0.2) is 41.7 Å². The minimum absolute atomic E-state index is 0.265. The predicted octanol–water partition coefficient (Wildman–Crippen LogP) is -2.10. The normalized spacial score (nSPS) is 12.8. The van der Waals surface area contributed by atoms with E-state index in [1.165, 1.54) is 0 Å². The number of carbonyl (C=O) groups is 1. The van der Waals surface area contributed by atoms with E-state index in [4.69, 9.17) is 10.2 Å². The van der Waals surface area contributed by atoms with Crippen LogP contribution in [0.3, 0.4) is 0 Å². The minimum Gasteiger partial charge on any atom is -0.499 e. The molecule has 6 heteroatoms. The van der Waals surface area contributed by atoms with Gasteiger partial charge in [-0.05, 0) is 17.4 Å². The second-order valence-electron chi connectivity index (χ2n) is 1.86. The monoisotopic (exact) mass is 192 g/mol. The second kappa shape index (κ2) is 3.64. The van der Waals surface area contributed by atoms with Gasteiger partial charge in [0.15, 0.2) is 5.05 Å². The van der Waals surface area contributed by atoms with Crippen molar-refractivity contribution in [2.45, 2.75) is 0 Å². The van der Waals surface area contributed by atoms with E-state index < -0.39 is 5.97 Å². The SMILES string of the molecule is O=C(O)C([SiH3])=C([SiH3])C(O)=S. The van der Waals surface area contributed by atoms with E-state index in [2.05, 4.69) is 12.2 Å². The average Bonchev–Trinajstić information content (AvgIpc) is 1.84. The van der Waals surface area contributed by atoms with Crippen LogP contribution in [0.1, 0.15) is 0 Å². The Bertz CT molecular complexity index is 189. The van der Waals surface area contributed by atoms with Crippen molar-refractivity contribution in [1.82, 2.24) is 0 Å². The molecule has 0 aliphatic heterocycles. The van der Waals surface area contributed by atoms with Gasteiger partial charge < -0.3 is 10.2 Å². The lowest BCUT2D eigenvalue weighted by molar-refractivity contribution is -0.131. The first kappa shape index (κ1) is 9.53. The molecule has 0 heterocycles. The first-order valence-electron chi connectivity index (χ1n) is 2.61. The van der Waals surface area contributed by atoms with Gasteiger partial charge in [-0.2, -0.15) is 0 Å². The van der Waals surface area contributed by atoms with Crippen molar-refractivity contribution < 1.29 is 15.0 Å². The van der Waals surface area contributed by atoms with E-state index in [0.29, 0.717) is 25.7 Å². The molecule has 0 aromatic rings. The number of hydrogen-bond acceptors (Lipinski definition) is 2. The highest BCUT2D eigenvalue weighted by molar-refractivity contribution is 7.80. The molecule has 0 atom stereocenters. The molecule has 3 nitrogen and oxygen atoms in total. The van der Waals surface area contributed by atoms with Crippen LogP contribution in [-0.2, 0) is 4.79 Å². The van der Waals surface area contributed by atoms with Gasteiger partial charge >= 0.3 is 5.97 Å². The number of aliphatic carboxylic acids is 1. The molecule has 56 valence electrons. The molecule has 0 aliphatic carbocycles. The zero-order valence-corrected chi connectivity index (χ0v) is 10.5. The summed E-state index contributed by atoms with van der Waals surface area (Å²) in [6.45, 7) is 0. The van der Waals surface area contributed by atoms with Gasteiger partial charge in [-0.25, -0.2) is 4.79 Å². The molecular formula is C4H8O3SSi2. The molecule has 0 fully saturated rings. The third-order valence-corrected chi connectivity index (χ3v) is 5.27. The second-order valence-corrected chi connectivity index (χ2v) is 4.25. The highest BCUT2D eigenvalue weighted by atomic mass is 32.1. The van der Waals surface area contributed by atoms with Gasteiger partial charge in [-0.1, -0.05) is 0 Å². The molecule has 10 heavy (non-hydrogen) atoms. The number of aliphatic hydroxyl groups is 1. The summed E-state index contributed by atoms with van der Waals surface area (Å²) in [6, 6.07) is 0. The smallest absolute Gasteiger partial charge is 0.326 e. The Morgan fingerprint density at radius 3 is 1.70 bits per heavy atom. The molecule has 0 rings (SSSR count). The summed E-state index contributed by atoms with van der Waals surface area (Å²) in [6.07, 6.45) is 0. The molecule has 0 aliphatic rings. The van der Waals surface area contributed by atoms with Gasteiger partial charge in [-0.15, -0.1) is 0 Å². The molecule has 0 bridgehead atoms. The van der Waals surface area contributed by atoms with Gasteiger partial charge in [0.05, 0.1) is 0 Å². The van der Waals surface area contributed by atoms with Crippen LogP contribution in [0.25, 0.3) is 0 Å². The Labute approximate surface area is 69.6 Å². The number of carboxylic acids is 1. The minimum atomic E-state index is -0.965. The zero-order chi connectivity index (χ0) is 8.31. The lowest BCUT2D eigenvalue weighted by Gasteiger charge is -1.98. The van der Waals surface area contributed by atoms with Gasteiger partial charge in [0.25, 0.3) is 0 Å². The van der Waals surface area contributed by atoms with Crippen molar-refractivity contribution >= 4 is 43.7 Å². The van der Waals surface area contributed by atoms with Crippen LogP contribution in [0.4, 0.5) is 0 Å². The molecule has 0 aromatic heterocycles.